The Labute approximate surface area is 330 Å². The van der Waals surface area contributed by atoms with Crippen LogP contribution in [0, 0.1) is 0 Å². The summed E-state index contributed by atoms with van der Waals surface area (Å²) < 4.78 is 2.56. The highest BCUT2D eigenvalue weighted by Gasteiger charge is 2.53. The van der Waals surface area contributed by atoms with Gasteiger partial charge in [0.15, 0.2) is 8.07 Å². The summed E-state index contributed by atoms with van der Waals surface area (Å²) in [7, 11) is -2.54. The average Bonchev–Trinajstić information content (AvgIpc) is 4.00. The third-order valence-electron chi connectivity index (χ3n) is 13.8. The molecule has 11 aromatic rings. The highest BCUT2D eigenvalue weighted by Crippen LogP contribution is 2.44. The van der Waals surface area contributed by atoms with Crippen LogP contribution in [0.25, 0.3) is 93.0 Å². The van der Waals surface area contributed by atoms with E-state index < -0.39 is 8.07 Å². The highest BCUT2D eigenvalue weighted by molar-refractivity contribution is 7.24. The van der Waals surface area contributed by atoms with Gasteiger partial charge in [0, 0.05) is 21.5 Å². The Bertz CT molecular complexity index is 3620. The molecular weight excluding hydrogens is 703 g/mol. The minimum Gasteiger partial charge on any atom is -0.308 e. The number of aromatic nitrogens is 1. The third-order valence-corrected chi connectivity index (χ3v) is 18.7. The van der Waals surface area contributed by atoms with Crippen molar-refractivity contribution in [3.63, 3.8) is 0 Å². The summed E-state index contributed by atoms with van der Waals surface area (Å²) in [4.78, 5) is 0. The van der Waals surface area contributed by atoms with Gasteiger partial charge in [0.1, 0.15) is 0 Å². The lowest BCUT2D eigenvalue weighted by atomic mass is 9.98. The van der Waals surface area contributed by atoms with Crippen LogP contribution in [-0.2, 0) is 6.42 Å². The fourth-order valence-corrected chi connectivity index (χ4v) is 17.3. The second-order valence-electron chi connectivity index (χ2n) is 16.3. The van der Waals surface area contributed by atoms with Crippen LogP contribution in [0.15, 0.2) is 188 Å². The van der Waals surface area contributed by atoms with Crippen molar-refractivity contribution in [3.8, 4) is 33.4 Å². The summed E-state index contributed by atoms with van der Waals surface area (Å²) in [5.74, 6) is 0. The molecule has 0 unspecified atom stereocenters. The number of hydrogen-bond acceptors (Lipinski definition) is 0. The van der Waals surface area contributed by atoms with Crippen LogP contribution < -0.4 is 20.7 Å². The van der Waals surface area contributed by atoms with Gasteiger partial charge < -0.3 is 4.40 Å². The number of rotatable bonds is 1. The standard InChI is InChI=1S/C55H33NSi/c1-5-22-47-37(14-1)42-18-9-12-35-30-36-13-10-19-43(54(36)53(35)42)44-20-11-21-45-46-31-33(27-29-48(46)56(47)55(44)45)34-26-28-41-40-17-4-8-25-51(40)57(52(41)32-34)49-23-6-2-15-38(49)39-16-3-7-24-50(39)57/h1-29,31-32H,30H2. The number of benzene rings is 9. The van der Waals surface area contributed by atoms with E-state index in [-0.39, 0.29) is 0 Å². The van der Waals surface area contributed by atoms with E-state index in [1.54, 1.807) is 0 Å². The second-order valence-corrected chi connectivity index (χ2v) is 19.9. The van der Waals surface area contributed by atoms with Gasteiger partial charge in [-0.25, -0.2) is 0 Å². The normalized spacial score (nSPS) is 14.0. The zero-order valence-corrected chi connectivity index (χ0v) is 32.1. The zero-order chi connectivity index (χ0) is 37.0. The van der Waals surface area contributed by atoms with Gasteiger partial charge in [-0.3, -0.25) is 0 Å². The monoisotopic (exact) mass is 735 g/mol. The molecule has 14 rings (SSSR count). The van der Waals surface area contributed by atoms with Crippen LogP contribution in [0.4, 0.5) is 0 Å². The van der Waals surface area contributed by atoms with Crippen LogP contribution in [-0.4, -0.2) is 12.5 Å². The van der Waals surface area contributed by atoms with Crippen LogP contribution >= 0.6 is 0 Å². The Morgan fingerprint density at radius 3 is 1.49 bits per heavy atom. The van der Waals surface area contributed by atoms with Crippen molar-refractivity contribution in [3.05, 3.63) is 199 Å². The minimum atomic E-state index is -2.54. The molecule has 0 saturated carbocycles. The summed E-state index contributed by atoms with van der Waals surface area (Å²) in [5.41, 5.74) is 14.7. The van der Waals surface area contributed by atoms with Crippen molar-refractivity contribution < 1.29 is 0 Å². The van der Waals surface area contributed by atoms with Gasteiger partial charge in [-0.15, -0.1) is 0 Å². The van der Waals surface area contributed by atoms with Gasteiger partial charge in [0.05, 0.1) is 16.6 Å². The topological polar surface area (TPSA) is 4.41 Å². The first kappa shape index (κ1) is 30.2. The molecule has 2 aromatic heterocycles. The zero-order valence-electron chi connectivity index (χ0n) is 31.1. The van der Waals surface area contributed by atoms with E-state index in [0.717, 1.165) is 6.42 Å². The summed E-state index contributed by atoms with van der Waals surface area (Å²) in [6.45, 7) is 0. The van der Waals surface area contributed by atoms with Crippen molar-refractivity contribution in [1.82, 2.24) is 4.40 Å². The van der Waals surface area contributed by atoms with E-state index in [0.29, 0.717) is 0 Å². The lowest BCUT2D eigenvalue weighted by Crippen LogP contribution is -2.70. The number of nitrogens with zero attached hydrogens (tertiary/aromatic N) is 1. The van der Waals surface area contributed by atoms with E-state index in [4.69, 9.17) is 0 Å². The molecule has 0 N–H and O–H groups in total. The number of fused-ring (bicyclic) bond motifs is 17. The molecule has 9 aromatic carbocycles. The van der Waals surface area contributed by atoms with E-state index in [1.807, 2.05) is 0 Å². The molecule has 4 heterocycles. The quantitative estimate of drug-likeness (QED) is 0.148. The fraction of sp³-hybridized carbons (Fsp3) is 0.0182. The van der Waals surface area contributed by atoms with E-state index >= 15 is 0 Å². The lowest BCUT2D eigenvalue weighted by molar-refractivity contribution is 1.27. The molecule has 2 heteroatoms. The van der Waals surface area contributed by atoms with Crippen LogP contribution in [0.5, 0.6) is 0 Å². The minimum absolute atomic E-state index is 0.976. The van der Waals surface area contributed by atoms with E-state index in [9.17, 15) is 0 Å². The van der Waals surface area contributed by atoms with Crippen molar-refractivity contribution >= 4 is 88.5 Å². The molecule has 1 aliphatic carbocycles. The maximum Gasteiger partial charge on any atom is 0.182 e. The molecular formula is C55H33NSi. The Kier molecular flexibility index (Phi) is 5.65. The fourth-order valence-electron chi connectivity index (χ4n) is 11.6. The van der Waals surface area contributed by atoms with Gasteiger partial charge in [-0.05, 0) is 111 Å². The predicted octanol–water partition coefficient (Wildman–Crippen LogP) is 11.2. The molecule has 2 aliphatic heterocycles. The first-order valence-corrected chi connectivity index (χ1v) is 22.1. The lowest BCUT2D eigenvalue weighted by Gasteiger charge is -2.28. The second kappa shape index (κ2) is 10.6. The predicted molar refractivity (Wildman–Crippen MR) is 244 cm³/mol. The average molecular weight is 736 g/mol. The van der Waals surface area contributed by atoms with Crippen molar-refractivity contribution in [2.24, 2.45) is 0 Å². The Morgan fingerprint density at radius 2 is 0.807 bits per heavy atom. The first-order valence-electron chi connectivity index (χ1n) is 20.1. The van der Waals surface area contributed by atoms with Crippen molar-refractivity contribution in [2.75, 3.05) is 0 Å². The molecule has 0 amide bonds. The summed E-state index contributed by atoms with van der Waals surface area (Å²) in [6.07, 6.45) is 0.976. The van der Waals surface area contributed by atoms with E-state index in [2.05, 4.69) is 192 Å². The van der Waals surface area contributed by atoms with Crippen molar-refractivity contribution in [2.45, 2.75) is 6.42 Å². The van der Waals surface area contributed by atoms with Gasteiger partial charge in [0.2, 0.25) is 0 Å². The highest BCUT2D eigenvalue weighted by atomic mass is 28.3. The maximum atomic E-state index is 2.57. The molecule has 3 aliphatic rings. The third kappa shape index (κ3) is 3.62. The smallest absolute Gasteiger partial charge is 0.182 e. The number of hydrogen-bond donors (Lipinski definition) is 0. The van der Waals surface area contributed by atoms with Crippen LogP contribution in [0.1, 0.15) is 11.1 Å². The summed E-state index contributed by atoms with van der Waals surface area (Å²) in [6, 6.07) is 72.2. The van der Waals surface area contributed by atoms with Gasteiger partial charge in [-0.1, -0.05) is 170 Å². The summed E-state index contributed by atoms with van der Waals surface area (Å²) >= 11 is 0. The van der Waals surface area contributed by atoms with Gasteiger partial charge in [0.25, 0.3) is 0 Å². The largest absolute Gasteiger partial charge is 0.308 e. The molecule has 262 valence electrons. The molecule has 1 spiro atoms. The maximum absolute atomic E-state index is 2.57. The Balaban J connectivity index is 1.09. The molecule has 57 heavy (non-hydrogen) atoms. The molecule has 0 saturated heterocycles. The SMILES string of the molecule is c1ccc2c(c1)-c1ccccc1[Si]21c2ccccc2-c2ccc(-c3ccc4c(c3)c3cccc5c6cccc7c6c6c(cccc6c6ccccc6n4c53)C7)cc21. The Hall–Kier alpha value is -7.00. The molecule has 0 radical (unpaired) electrons. The van der Waals surface area contributed by atoms with Gasteiger partial charge in [-0.2, -0.15) is 0 Å². The molecule has 0 fully saturated rings. The van der Waals surface area contributed by atoms with Crippen LogP contribution in [0.3, 0.4) is 0 Å². The van der Waals surface area contributed by atoms with Crippen molar-refractivity contribution in [1.29, 1.82) is 0 Å². The Morgan fingerprint density at radius 1 is 0.333 bits per heavy atom. The summed E-state index contributed by atoms with van der Waals surface area (Å²) in [5, 5.41) is 16.7. The molecule has 0 bridgehead atoms. The van der Waals surface area contributed by atoms with E-state index in [1.165, 1.54) is 125 Å². The first-order chi connectivity index (χ1) is 28.3. The molecule has 1 nitrogen and oxygen atoms in total. The van der Waals surface area contributed by atoms with Gasteiger partial charge >= 0.3 is 0 Å². The number of para-hydroxylation sites is 2. The van der Waals surface area contributed by atoms with Crippen LogP contribution in [0.2, 0.25) is 0 Å². The molecule has 0 atom stereocenters.